The van der Waals surface area contributed by atoms with Crippen molar-refractivity contribution in [3.05, 3.63) is 83.5 Å². The predicted octanol–water partition coefficient (Wildman–Crippen LogP) is 4.24. The number of ketones is 1. The summed E-state index contributed by atoms with van der Waals surface area (Å²) in [6.45, 7) is 6.62. The molecular weight excluding hydrogens is 422 g/mol. The van der Waals surface area contributed by atoms with E-state index in [0.717, 1.165) is 0 Å². The van der Waals surface area contributed by atoms with Crippen LogP contribution < -0.4 is 4.74 Å². The summed E-state index contributed by atoms with van der Waals surface area (Å²) in [4.78, 5) is 31.9. The third-order valence-electron chi connectivity index (χ3n) is 5.45. The van der Waals surface area contributed by atoms with Crippen LogP contribution in [0.15, 0.2) is 70.9 Å². The molecule has 0 fully saturated rings. The van der Waals surface area contributed by atoms with Gasteiger partial charge in [-0.3, -0.25) is 9.59 Å². The average molecular weight is 450 g/mol. The Morgan fingerprint density at radius 2 is 1.94 bits per heavy atom. The van der Waals surface area contributed by atoms with Crippen LogP contribution in [0.1, 0.15) is 48.2 Å². The largest absolute Gasteiger partial charge is 0.503 e. The number of aryl methyl sites for hydroxylation is 2. The molecule has 3 heterocycles. The van der Waals surface area contributed by atoms with Crippen molar-refractivity contribution in [3.8, 4) is 5.75 Å². The molecule has 8 nitrogen and oxygen atoms in total. The van der Waals surface area contributed by atoms with Gasteiger partial charge in [0.1, 0.15) is 11.5 Å². The van der Waals surface area contributed by atoms with Gasteiger partial charge in [-0.15, -0.1) is 0 Å². The number of nitrogens with zero attached hydrogens (tertiary/aromatic N) is 3. The molecule has 1 aromatic carbocycles. The smallest absolute Gasteiger partial charge is 0.290 e. The van der Waals surface area contributed by atoms with Gasteiger partial charge < -0.3 is 23.7 Å². The van der Waals surface area contributed by atoms with Crippen LogP contribution in [0.3, 0.4) is 0 Å². The fourth-order valence-electron chi connectivity index (χ4n) is 4.00. The van der Waals surface area contributed by atoms with E-state index in [1.54, 1.807) is 43.7 Å². The highest BCUT2D eigenvalue weighted by Crippen LogP contribution is 2.39. The molecule has 8 heteroatoms. The normalized spacial score (nSPS) is 16.2. The van der Waals surface area contributed by atoms with Gasteiger partial charge in [0.2, 0.25) is 5.78 Å². The van der Waals surface area contributed by atoms with E-state index in [2.05, 4.69) is 4.98 Å². The van der Waals surface area contributed by atoms with Crippen molar-refractivity contribution in [2.45, 2.75) is 45.9 Å². The number of amides is 1. The summed E-state index contributed by atoms with van der Waals surface area (Å²) < 4.78 is 13.1. The Kier molecular flexibility index (Phi) is 6.35. The van der Waals surface area contributed by atoms with E-state index < -0.39 is 23.5 Å². The van der Waals surface area contributed by atoms with Crippen molar-refractivity contribution in [2.75, 3.05) is 6.54 Å². The molecule has 33 heavy (non-hydrogen) atoms. The Labute approximate surface area is 192 Å². The Morgan fingerprint density at radius 1 is 1.18 bits per heavy atom. The van der Waals surface area contributed by atoms with Crippen LogP contribution in [0.5, 0.6) is 5.75 Å². The molecule has 3 aromatic rings. The first-order valence-electron chi connectivity index (χ1n) is 10.9. The van der Waals surface area contributed by atoms with Crippen LogP contribution in [0, 0.1) is 6.92 Å². The van der Waals surface area contributed by atoms with Gasteiger partial charge in [-0.25, -0.2) is 4.98 Å². The number of imidazole rings is 1. The first kappa shape index (κ1) is 22.4. The van der Waals surface area contributed by atoms with Crippen LogP contribution >= 0.6 is 0 Å². The van der Waals surface area contributed by atoms with Gasteiger partial charge in [0.25, 0.3) is 5.91 Å². The van der Waals surface area contributed by atoms with Crippen molar-refractivity contribution in [1.82, 2.24) is 14.5 Å². The molecule has 0 unspecified atom stereocenters. The predicted molar refractivity (Wildman–Crippen MR) is 121 cm³/mol. The van der Waals surface area contributed by atoms with Crippen molar-refractivity contribution in [1.29, 1.82) is 0 Å². The molecule has 0 aliphatic carbocycles. The van der Waals surface area contributed by atoms with Crippen LogP contribution in [0.4, 0.5) is 0 Å². The van der Waals surface area contributed by atoms with Crippen molar-refractivity contribution < 1.29 is 23.8 Å². The maximum absolute atomic E-state index is 13.3. The molecule has 0 saturated carbocycles. The first-order chi connectivity index (χ1) is 15.8. The number of aromatic nitrogens is 2. The summed E-state index contributed by atoms with van der Waals surface area (Å²) in [6, 6.07) is 9.75. The van der Waals surface area contributed by atoms with E-state index >= 15 is 0 Å². The molecule has 0 bridgehead atoms. The summed E-state index contributed by atoms with van der Waals surface area (Å²) in [5, 5.41) is 10.7. The number of aliphatic hydroxyl groups is 1. The van der Waals surface area contributed by atoms with E-state index in [1.807, 2.05) is 36.7 Å². The van der Waals surface area contributed by atoms with Crippen LogP contribution in [0.2, 0.25) is 0 Å². The van der Waals surface area contributed by atoms with Crippen LogP contribution in [-0.2, 0) is 11.3 Å². The van der Waals surface area contributed by atoms with E-state index in [-0.39, 0.29) is 17.4 Å². The van der Waals surface area contributed by atoms with E-state index in [0.29, 0.717) is 36.6 Å². The van der Waals surface area contributed by atoms with E-state index in [9.17, 15) is 14.7 Å². The molecular formula is C25H27N3O5. The van der Waals surface area contributed by atoms with Crippen molar-refractivity contribution in [3.63, 3.8) is 0 Å². The first-order valence-corrected chi connectivity index (χ1v) is 10.9. The lowest BCUT2D eigenvalue weighted by Gasteiger charge is -2.27. The quantitative estimate of drug-likeness (QED) is 0.491. The monoisotopic (exact) mass is 449 g/mol. The summed E-state index contributed by atoms with van der Waals surface area (Å²) >= 11 is 0. The second-order valence-electron chi connectivity index (χ2n) is 8.29. The lowest BCUT2D eigenvalue weighted by atomic mass is 9.95. The Bertz CT molecular complexity index is 1160. The lowest BCUT2D eigenvalue weighted by Crippen LogP contribution is -2.32. The molecule has 1 aliphatic rings. The zero-order valence-corrected chi connectivity index (χ0v) is 18.9. The molecule has 1 atom stereocenters. The molecule has 0 radical (unpaired) electrons. The summed E-state index contributed by atoms with van der Waals surface area (Å²) in [6.07, 6.45) is 5.90. The second kappa shape index (κ2) is 9.36. The van der Waals surface area contributed by atoms with Gasteiger partial charge in [0.05, 0.1) is 24.0 Å². The van der Waals surface area contributed by atoms with E-state index in [4.69, 9.17) is 9.15 Å². The highest BCUT2D eigenvalue weighted by Gasteiger charge is 2.44. The molecule has 0 spiro atoms. The number of furan rings is 1. The highest BCUT2D eigenvalue weighted by atomic mass is 16.5. The van der Waals surface area contributed by atoms with Crippen molar-refractivity contribution in [2.24, 2.45) is 0 Å². The Balaban J connectivity index is 1.65. The summed E-state index contributed by atoms with van der Waals surface area (Å²) in [5.41, 5.74) is 0.729. The number of aliphatic hydroxyl groups excluding tert-OH is 1. The van der Waals surface area contributed by atoms with Crippen molar-refractivity contribution >= 4 is 11.7 Å². The van der Waals surface area contributed by atoms with Gasteiger partial charge in [-0.1, -0.05) is 12.1 Å². The summed E-state index contributed by atoms with van der Waals surface area (Å²) in [7, 11) is 0. The van der Waals surface area contributed by atoms with Gasteiger partial charge in [-0.2, -0.15) is 0 Å². The molecule has 0 saturated heterocycles. The average Bonchev–Trinajstić information content (AvgIpc) is 3.51. The molecule has 1 aliphatic heterocycles. The minimum atomic E-state index is -0.730. The maximum atomic E-state index is 13.3. The standard InChI is InChI=1S/C25H27N3O5/c1-16(2)32-19-8-6-18(7-9-19)22-21(23(29)20-10-5-17(3)33-20)24(30)25(31)28(22)13-4-12-27-14-11-26-15-27/h5-11,14-16,22,30H,4,12-13H2,1-3H3/t22-/m1/s1. The van der Waals surface area contributed by atoms with E-state index in [1.165, 1.54) is 4.90 Å². The fourth-order valence-corrected chi connectivity index (χ4v) is 4.00. The van der Waals surface area contributed by atoms with Gasteiger partial charge in [-0.05, 0) is 57.0 Å². The SMILES string of the molecule is Cc1ccc(C(=O)C2=C(O)C(=O)N(CCCn3ccnc3)[C@@H]2c2ccc(OC(C)C)cc2)o1. The zero-order valence-electron chi connectivity index (χ0n) is 18.9. The number of carbonyl (C=O) groups excluding carboxylic acids is 2. The van der Waals surface area contributed by atoms with Crippen LogP contribution in [-0.4, -0.2) is 43.9 Å². The molecule has 4 rings (SSSR count). The number of ether oxygens (including phenoxy) is 1. The zero-order chi connectivity index (χ0) is 23.5. The maximum Gasteiger partial charge on any atom is 0.290 e. The highest BCUT2D eigenvalue weighted by molar-refractivity contribution is 6.15. The second-order valence-corrected chi connectivity index (χ2v) is 8.29. The number of hydrogen-bond donors (Lipinski definition) is 1. The van der Waals surface area contributed by atoms with Gasteiger partial charge in [0.15, 0.2) is 11.5 Å². The molecule has 1 N–H and O–H groups in total. The molecule has 172 valence electrons. The topological polar surface area (TPSA) is 97.8 Å². The Hall–Kier alpha value is -3.81. The fraction of sp³-hybridized carbons (Fsp3) is 0.320. The van der Waals surface area contributed by atoms with Crippen LogP contribution in [0.25, 0.3) is 0 Å². The minimum Gasteiger partial charge on any atom is -0.503 e. The number of hydrogen-bond acceptors (Lipinski definition) is 6. The molecule has 1 amide bonds. The lowest BCUT2D eigenvalue weighted by molar-refractivity contribution is -0.129. The number of rotatable bonds is 9. The minimum absolute atomic E-state index is 0.0202. The third-order valence-corrected chi connectivity index (χ3v) is 5.45. The van der Waals surface area contributed by atoms with Gasteiger partial charge >= 0.3 is 0 Å². The molecule has 2 aromatic heterocycles. The summed E-state index contributed by atoms with van der Waals surface area (Å²) in [5.74, 6) is -0.256. The third kappa shape index (κ3) is 4.69. The number of carbonyl (C=O) groups is 2. The number of Topliss-reactive ketones (excluding diaryl/α,β-unsaturated/α-hetero) is 1. The Morgan fingerprint density at radius 3 is 2.55 bits per heavy atom. The van der Waals surface area contributed by atoms with Gasteiger partial charge in [0, 0.05) is 25.5 Å². The number of benzene rings is 1.